The number of hydrogen-bond donors (Lipinski definition) is 1. The van der Waals surface area contributed by atoms with Crippen molar-refractivity contribution in [2.24, 2.45) is 0 Å². The summed E-state index contributed by atoms with van der Waals surface area (Å²) in [5.41, 5.74) is 8.72. The Kier molecular flexibility index (Phi) is 3.48. The van der Waals surface area contributed by atoms with Gasteiger partial charge in [0.2, 0.25) is 5.88 Å². The summed E-state index contributed by atoms with van der Waals surface area (Å²) in [5, 5.41) is 4.15. The Morgan fingerprint density at radius 2 is 2.11 bits per heavy atom. The number of benzene rings is 1. The minimum absolute atomic E-state index is 0.0568. The van der Waals surface area contributed by atoms with Crippen LogP contribution < -0.4 is 5.73 Å². The Balaban J connectivity index is 2.61. The van der Waals surface area contributed by atoms with E-state index in [1.54, 1.807) is 0 Å². The van der Waals surface area contributed by atoms with Crippen molar-refractivity contribution in [3.63, 3.8) is 0 Å². The molecule has 2 rings (SSSR count). The topological polar surface area (TPSA) is 52.0 Å². The van der Waals surface area contributed by atoms with Crippen molar-refractivity contribution in [2.75, 3.05) is 5.73 Å². The first-order valence-corrected chi connectivity index (χ1v) is 6.76. The zero-order chi connectivity index (χ0) is 13.3. The van der Waals surface area contributed by atoms with Gasteiger partial charge < -0.3 is 10.3 Å². The second kappa shape index (κ2) is 4.76. The van der Waals surface area contributed by atoms with Gasteiger partial charge in [0.05, 0.1) is 11.3 Å². The molecule has 0 atom stereocenters. The molecular formula is C14H17BrN2O. The lowest BCUT2D eigenvalue weighted by atomic mass is 9.83. The maximum atomic E-state index is 5.93. The summed E-state index contributed by atoms with van der Waals surface area (Å²) >= 11 is 3.47. The molecule has 3 nitrogen and oxygen atoms in total. The number of rotatable bonds is 3. The molecular weight excluding hydrogens is 292 g/mol. The number of aromatic nitrogens is 1. The average Bonchev–Trinajstić information content (AvgIpc) is 2.72. The van der Waals surface area contributed by atoms with Crippen LogP contribution >= 0.6 is 15.9 Å². The van der Waals surface area contributed by atoms with Gasteiger partial charge in [-0.1, -0.05) is 54.0 Å². The zero-order valence-electron chi connectivity index (χ0n) is 10.8. The Morgan fingerprint density at radius 3 is 2.72 bits per heavy atom. The van der Waals surface area contributed by atoms with Gasteiger partial charge in [-0.25, -0.2) is 0 Å². The predicted octanol–water partition coefficient (Wildman–Crippen LogP) is 4.37. The van der Waals surface area contributed by atoms with Crippen molar-refractivity contribution in [1.82, 2.24) is 5.16 Å². The van der Waals surface area contributed by atoms with Crippen LogP contribution in [-0.4, -0.2) is 5.16 Å². The minimum atomic E-state index is -0.0568. The van der Waals surface area contributed by atoms with E-state index in [1.165, 1.54) is 0 Å². The van der Waals surface area contributed by atoms with Crippen LogP contribution in [0.5, 0.6) is 0 Å². The predicted molar refractivity (Wildman–Crippen MR) is 77.4 cm³/mol. The van der Waals surface area contributed by atoms with Crippen LogP contribution in [0, 0.1) is 0 Å². The molecule has 0 aliphatic heterocycles. The maximum absolute atomic E-state index is 5.93. The lowest BCUT2D eigenvalue weighted by Crippen LogP contribution is -2.17. The molecule has 0 radical (unpaired) electrons. The normalized spacial score (nSPS) is 11.8. The molecule has 1 aromatic carbocycles. The first-order valence-electron chi connectivity index (χ1n) is 5.97. The third-order valence-electron chi connectivity index (χ3n) is 3.36. The quantitative estimate of drug-likeness (QED) is 0.915. The molecule has 1 heterocycles. The van der Waals surface area contributed by atoms with Gasteiger partial charge in [-0.3, -0.25) is 0 Å². The Labute approximate surface area is 115 Å². The summed E-state index contributed by atoms with van der Waals surface area (Å²) in [5.74, 6) is 0.379. The highest BCUT2D eigenvalue weighted by atomic mass is 79.9. The van der Waals surface area contributed by atoms with Crippen LogP contribution in [0.2, 0.25) is 0 Å². The third kappa shape index (κ3) is 2.29. The van der Waals surface area contributed by atoms with Gasteiger partial charge in [-0.15, -0.1) is 0 Å². The van der Waals surface area contributed by atoms with E-state index in [-0.39, 0.29) is 5.41 Å². The van der Waals surface area contributed by atoms with Gasteiger partial charge in [0, 0.05) is 9.89 Å². The molecule has 0 unspecified atom stereocenters. The fourth-order valence-electron chi connectivity index (χ4n) is 1.86. The molecule has 0 fully saturated rings. The first-order chi connectivity index (χ1) is 8.45. The lowest BCUT2D eigenvalue weighted by molar-refractivity contribution is 0.391. The van der Waals surface area contributed by atoms with Crippen molar-refractivity contribution in [3.05, 3.63) is 34.4 Å². The SMILES string of the molecule is CCC(C)(C)c1noc(N)c1-c1cccc(Br)c1. The molecule has 0 spiro atoms. The van der Waals surface area contributed by atoms with Gasteiger partial charge in [0.15, 0.2) is 0 Å². The second-order valence-electron chi connectivity index (χ2n) is 5.02. The molecule has 1 aromatic heterocycles. The largest absolute Gasteiger partial charge is 0.367 e. The standard InChI is InChI=1S/C14H17BrN2O/c1-4-14(2,3)12-11(13(16)18-17-12)9-6-5-7-10(15)8-9/h5-8H,4,16H2,1-3H3. The molecule has 0 saturated carbocycles. The highest BCUT2D eigenvalue weighted by Crippen LogP contribution is 2.38. The first kappa shape index (κ1) is 13.1. The van der Waals surface area contributed by atoms with Gasteiger partial charge >= 0.3 is 0 Å². The smallest absolute Gasteiger partial charge is 0.230 e. The fraction of sp³-hybridized carbons (Fsp3) is 0.357. The molecule has 4 heteroatoms. The summed E-state index contributed by atoms with van der Waals surface area (Å²) in [6.45, 7) is 6.42. The molecule has 0 amide bonds. The third-order valence-corrected chi connectivity index (χ3v) is 3.85. The van der Waals surface area contributed by atoms with Crippen molar-refractivity contribution < 1.29 is 4.52 Å². The van der Waals surface area contributed by atoms with Crippen LogP contribution in [0.15, 0.2) is 33.3 Å². The zero-order valence-corrected chi connectivity index (χ0v) is 12.4. The Hall–Kier alpha value is -1.29. The number of anilines is 1. The van der Waals surface area contributed by atoms with E-state index in [2.05, 4.69) is 41.9 Å². The van der Waals surface area contributed by atoms with E-state index in [9.17, 15) is 0 Å². The molecule has 18 heavy (non-hydrogen) atoms. The highest BCUT2D eigenvalue weighted by molar-refractivity contribution is 9.10. The van der Waals surface area contributed by atoms with Crippen LogP contribution in [0.3, 0.4) is 0 Å². The van der Waals surface area contributed by atoms with Crippen LogP contribution in [0.4, 0.5) is 5.88 Å². The highest BCUT2D eigenvalue weighted by Gasteiger charge is 2.28. The van der Waals surface area contributed by atoms with Gasteiger partial charge in [-0.2, -0.15) is 0 Å². The Morgan fingerprint density at radius 1 is 1.39 bits per heavy atom. The van der Waals surface area contributed by atoms with Gasteiger partial charge in [0.1, 0.15) is 0 Å². The van der Waals surface area contributed by atoms with Gasteiger partial charge in [-0.05, 0) is 24.1 Å². The van der Waals surface area contributed by atoms with E-state index >= 15 is 0 Å². The lowest BCUT2D eigenvalue weighted by Gasteiger charge is -2.20. The van der Waals surface area contributed by atoms with Crippen molar-refractivity contribution in [3.8, 4) is 11.1 Å². The van der Waals surface area contributed by atoms with Crippen LogP contribution in [-0.2, 0) is 5.41 Å². The fourth-order valence-corrected chi connectivity index (χ4v) is 2.25. The van der Waals surface area contributed by atoms with Gasteiger partial charge in [0.25, 0.3) is 0 Å². The van der Waals surface area contributed by atoms with E-state index in [0.717, 1.165) is 27.7 Å². The maximum Gasteiger partial charge on any atom is 0.230 e. The van der Waals surface area contributed by atoms with E-state index < -0.39 is 0 Å². The van der Waals surface area contributed by atoms with E-state index in [1.807, 2.05) is 24.3 Å². The molecule has 2 N–H and O–H groups in total. The summed E-state index contributed by atoms with van der Waals surface area (Å²) in [4.78, 5) is 0. The number of halogens is 1. The van der Waals surface area contributed by atoms with E-state index in [0.29, 0.717) is 5.88 Å². The van der Waals surface area contributed by atoms with Crippen LogP contribution in [0.25, 0.3) is 11.1 Å². The average molecular weight is 309 g/mol. The molecule has 2 aromatic rings. The minimum Gasteiger partial charge on any atom is -0.367 e. The summed E-state index contributed by atoms with van der Waals surface area (Å²) in [6.07, 6.45) is 0.972. The summed E-state index contributed by atoms with van der Waals surface area (Å²) in [7, 11) is 0. The second-order valence-corrected chi connectivity index (χ2v) is 5.93. The van der Waals surface area contributed by atoms with Crippen molar-refractivity contribution in [1.29, 1.82) is 0 Å². The van der Waals surface area contributed by atoms with E-state index in [4.69, 9.17) is 10.3 Å². The molecule has 96 valence electrons. The number of nitrogens with two attached hydrogens (primary N) is 1. The van der Waals surface area contributed by atoms with Crippen molar-refractivity contribution >= 4 is 21.8 Å². The monoisotopic (exact) mass is 308 g/mol. The number of nitrogens with zero attached hydrogens (tertiary/aromatic N) is 1. The summed E-state index contributed by atoms with van der Waals surface area (Å²) < 4.78 is 6.21. The summed E-state index contributed by atoms with van der Waals surface area (Å²) in [6, 6.07) is 8.01. The molecule has 0 aliphatic rings. The molecule has 0 bridgehead atoms. The molecule has 0 saturated heterocycles. The number of nitrogen functional groups attached to an aromatic ring is 1. The Bertz CT molecular complexity index is 561. The number of hydrogen-bond acceptors (Lipinski definition) is 3. The van der Waals surface area contributed by atoms with Crippen molar-refractivity contribution in [2.45, 2.75) is 32.6 Å². The van der Waals surface area contributed by atoms with Crippen LogP contribution in [0.1, 0.15) is 32.9 Å². The molecule has 0 aliphatic carbocycles.